The molecule has 0 radical (unpaired) electrons. The highest BCUT2D eigenvalue weighted by molar-refractivity contribution is 6.12. The molecule has 0 bridgehead atoms. The molecule has 0 unspecified atom stereocenters. The number of hydrogen-bond acceptors (Lipinski definition) is 3. The first-order valence-corrected chi connectivity index (χ1v) is 3.63. The largest absolute Gasteiger partial charge is 0.497 e. The second-order valence-corrected chi connectivity index (χ2v) is 2.43. The van der Waals surface area contributed by atoms with E-state index in [0.717, 1.165) is 0 Å². The van der Waals surface area contributed by atoms with Crippen molar-refractivity contribution in [3.8, 4) is 18.1 Å². The fourth-order valence-electron chi connectivity index (χ4n) is 0.937. The van der Waals surface area contributed by atoms with Crippen LogP contribution < -0.4 is 10.5 Å². The number of rotatable bonds is 2. The summed E-state index contributed by atoms with van der Waals surface area (Å²) in [5.41, 5.74) is 6.22. The maximum atomic E-state index is 11.1. The van der Waals surface area contributed by atoms with Crippen molar-refractivity contribution in [3.05, 3.63) is 23.8 Å². The van der Waals surface area contributed by atoms with Crippen LogP contribution >= 0.6 is 0 Å². The lowest BCUT2D eigenvalue weighted by Crippen LogP contribution is -2.01. The number of Topliss-reactive ketones (excluding diaryl/α,β-unsaturated/α-hetero) is 1. The summed E-state index contributed by atoms with van der Waals surface area (Å²) < 4.78 is 4.93. The Hall–Kier alpha value is -1.95. The van der Waals surface area contributed by atoms with Gasteiger partial charge in [0, 0.05) is 5.69 Å². The van der Waals surface area contributed by atoms with Gasteiger partial charge >= 0.3 is 0 Å². The fourth-order valence-corrected chi connectivity index (χ4v) is 0.937. The van der Waals surface area contributed by atoms with E-state index in [2.05, 4.69) is 0 Å². The number of hydrogen-bond donors (Lipinski definition) is 1. The molecular weight excluding hydrogens is 166 g/mol. The highest BCUT2D eigenvalue weighted by Gasteiger charge is 2.07. The predicted molar refractivity (Wildman–Crippen MR) is 50.6 cm³/mol. The van der Waals surface area contributed by atoms with Gasteiger partial charge in [-0.05, 0) is 24.1 Å². The molecule has 3 heteroatoms. The summed E-state index contributed by atoms with van der Waals surface area (Å²) >= 11 is 0. The van der Waals surface area contributed by atoms with Gasteiger partial charge in [-0.3, -0.25) is 4.79 Å². The van der Waals surface area contributed by atoms with E-state index < -0.39 is 5.78 Å². The Kier molecular flexibility index (Phi) is 2.56. The van der Waals surface area contributed by atoms with Crippen LogP contribution in [0.2, 0.25) is 0 Å². The third-order valence-electron chi connectivity index (χ3n) is 1.64. The standard InChI is InChI=1S/C10H9NO2/c1-3-10(12)8-6-7(13-2)4-5-9(8)11/h1,4-6H,11H2,2H3. The Balaban J connectivity index is 3.20. The summed E-state index contributed by atoms with van der Waals surface area (Å²) in [6.45, 7) is 0. The van der Waals surface area contributed by atoms with Gasteiger partial charge in [0.15, 0.2) is 0 Å². The second kappa shape index (κ2) is 3.63. The van der Waals surface area contributed by atoms with Gasteiger partial charge in [-0.2, -0.15) is 0 Å². The molecule has 0 fully saturated rings. The molecule has 0 aliphatic carbocycles. The zero-order chi connectivity index (χ0) is 9.84. The minimum absolute atomic E-state index is 0.307. The van der Waals surface area contributed by atoms with Crippen LogP contribution in [0, 0.1) is 12.3 Å². The van der Waals surface area contributed by atoms with Crippen molar-refractivity contribution in [2.45, 2.75) is 0 Å². The van der Waals surface area contributed by atoms with Crippen LogP contribution in [-0.4, -0.2) is 12.9 Å². The number of nitrogen functional groups attached to an aromatic ring is 1. The molecule has 1 rings (SSSR count). The van der Waals surface area contributed by atoms with Gasteiger partial charge in [0.2, 0.25) is 5.78 Å². The van der Waals surface area contributed by atoms with Crippen LogP contribution in [0.3, 0.4) is 0 Å². The van der Waals surface area contributed by atoms with E-state index in [4.69, 9.17) is 16.9 Å². The second-order valence-electron chi connectivity index (χ2n) is 2.43. The number of carbonyl (C=O) groups excluding carboxylic acids is 1. The first-order chi connectivity index (χ1) is 6.19. The normalized spacial score (nSPS) is 8.92. The van der Waals surface area contributed by atoms with Crippen molar-refractivity contribution in [2.24, 2.45) is 0 Å². The zero-order valence-corrected chi connectivity index (χ0v) is 7.20. The molecule has 0 amide bonds. The Bertz CT molecular complexity index is 377. The number of nitrogens with two attached hydrogens (primary N) is 1. The molecule has 0 saturated heterocycles. The summed E-state index contributed by atoms with van der Waals surface area (Å²) in [6, 6.07) is 4.78. The Morgan fingerprint density at radius 2 is 2.31 bits per heavy atom. The van der Waals surface area contributed by atoms with Crippen LogP contribution in [0.1, 0.15) is 10.4 Å². The lowest BCUT2D eigenvalue weighted by atomic mass is 10.1. The molecule has 0 spiro atoms. The topological polar surface area (TPSA) is 52.3 Å². The van der Waals surface area contributed by atoms with E-state index in [1.807, 2.05) is 5.92 Å². The summed E-state index contributed by atoms with van der Waals surface area (Å²) in [5.74, 6) is 2.13. The summed E-state index contributed by atoms with van der Waals surface area (Å²) in [4.78, 5) is 11.1. The average Bonchev–Trinajstić information content (AvgIpc) is 2.17. The van der Waals surface area contributed by atoms with Crippen molar-refractivity contribution in [1.29, 1.82) is 0 Å². The van der Waals surface area contributed by atoms with Crippen LogP contribution in [0.5, 0.6) is 5.75 Å². The molecule has 2 N–H and O–H groups in total. The number of methoxy groups -OCH3 is 1. The lowest BCUT2D eigenvalue weighted by molar-refractivity contribution is 0.105. The van der Waals surface area contributed by atoms with Crippen molar-refractivity contribution in [1.82, 2.24) is 0 Å². The minimum Gasteiger partial charge on any atom is -0.497 e. The van der Waals surface area contributed by atoms with Crippen LogP contribution in [0.15, 0.2) is 18.2 Å². The quantitative estimate of drug-likeness (QED) is 0.317. The smallest absolute Gasteiger partial charge is 0.237 e. The first kappa shape index (κ1) is 9.14. The Morgan fingerprint density at radius 1 is 1.62 bits per heavy atom. The van der Waals surface area contributed by atoms with Gasteiger partial charge in [0.05, 0.1) is 12.7 Å². The average molecular weight is 175 g/mol. The van der Waals surface area contributed by atoms with Crippen LogP contribution in [-0.2, 0) is 0 Å². The molecule has 1 aromatic carbocycles. The van der Waals surface area contributed by atoms with Crippen LogP contribution in [0.25, 0.3) is 0 Å². The molecular formula is C10H9NO2. The SMILES string of the molecule is C#CC(=O)c1cc(OC)ccc1N. The van der Waals surface area contributed by atoms with Gasteiger partial charge in [0.25, 0.3) is 0 Å². The van der Waals surface area contributed by atoms with Gasteiger partial charge < -0.3 is 10.5 Å². The van der Waals surface area contributed by atoms with Crippen molar-refractivity contribution in [3.63, 3.8) is 0 Å². The number of terminal acetylenes is 1. The lowest BCUT2D eigenvalue weighted by Gasteiger charge is -2.03. The molecule has 0 heterocycles. The molecule has 0 aromatic heterocycles. The third kappa shape index (κ3) is 1.79. The molecule has 13 heavy (non-hydrogen) atoms. The molecule has 66 valence electrons. The van der Waals surface area contributed by atoms with E-state index in [1.54, 1.807) is 12.1 Å². The van der Waals surface area contributed by atoms with E-state index in [1.165, 1.54) is 13.2 Å². The highest BCUT2D eigenvalue weighted by Crippen LogP contribution is 2.19. The maximum absolute atomic E-state index is 11.1. The van der Waals surface area contributed by atoms with Crippen LogP contribution in [0.4, 0.5) is 5.69 Å². The highest BCUT2D eigenvalue weighted by atomic mass is 16.5. The maximum Gasteiger partial charge on any atom is 0.237 e. The monoisotopic (exact) mass is 175 g/mol. The summed E-state index contributed by atoms with van der Waals surface area (Å²) in [5, 5.41) is 0. The molecule has 0 aliphatic heterocycles. The molecule has 3 nitrogen and oxygen atoms in total. The first-order valence-electron chi connectivity index (χ1n) is 3.63. The van der Waals surface area contributed by atoms with Gasteiger partial charge in [0.1, 0.15) is 5.75 Å². The molecule has 0 aliphatic rings. The van der Waals surface area contributed by atoms with E-state index in [9.17, 15) is 4.79 Å². The number of carbonyl (C=O) groups is 1. The zero-order valence-electron chi connectivity index (χ0n) is 7.20. The number of anilines is 1. The van der Waals surface area contributed by atoms with E-state index in [0.29, 0.717) is 17.0 Å². The molecule has 0 atom stereocenters. The van der Waals surface area contributed by atoms with Crippen molar-refractivity contribution in [2.75, 3.05) is 12.8 Å². The summed E-state index contributed by atoms with van der Waals surface area (Å²) in [6.07, 6.45) is 4.97. The fraction of sp³-hybridized carbons (Fsp3) is 0.100. The van der Waals surface area contributed by atoms with E-state index >= 15 is 0 Å². The Morgan fingerprint density at radius 3 is 2.85 bits per heavy atom. The van der Waals surface area contributed by atoms with Gasteiger partial charge in [-0.25, -0.2) is 0 Å². The van der Waals surface area contributed by atoms with E-state index in [-0.39, 0.29) is 0 Å². The predicted octanol–water partition coefficient (Wildman–Crippen LogP) is 1.09. The Labute approximate surface area is 76.5 Å². The van der Waals surface area contributed by atoms with Gasteiger partial charge in [-0.1, -0.05) is 0 Å². The van der Waals surface area contributed by atoms with Crippen molar-refractivity contribution >= 4 is 11.5 Å². The number of ketones is 1. The summed E-state index contributed by atoms with van der Waals surface area (Å²) in [7, 11) is 1.51. The number of ether oxygens (including phenoxy) is 1. The van der Waals surface area contributed by atoms with Gasteiger partial charge in [-0.15, -0.1) is 6.42 Å². The minimum atomic E-state index is -0.434. The van der Waals surface area contributed by atoms with Crippen molar-refractivity contribution < 1.29 is 9.53 Å². The molecule has 1 aromatic rings. The molecule has 0 saturated carbocycles. The number of benzene rings is 1. The third-order valence-corrected chi connectivity index (χ3v) is 1.64.